The number of rotatable bonds is 7. The molecule has 0 radical (unpaired) electrons. The summed E-state index contributed by atoms with van der Waals surface area (Å²) in [4.78, 5) is 24.5. The summed E-state index contributed by atoms with van der Waals surface area (Å²) in [7, 11) is 1.63. The number of hydrogen-bond donors (Lipinski definition) is 2. The second-order valence-corrected chi connectivity index (χ2v) is 6.64. The molecule has 3 aromatic carbocycles. The minimum atomic E-state index is -0.174. The van der Waals surface area contributed by atoms with E-state index in [0.717, 1.165) is 22.4 Å². The molecule has 0 saturated carbocycles. The Labute approximate surface area is 170 Å². The van der Waals surface area contributed by atoms with E-state index in [0.29, 0.717) is 24.2 Å². The Balaban J connectivity index is 1.51. The van der Waals surface area contributed by atoms with Crippen molar-refractivity contribution in [1.82, 2.24) is 10.6 Å². The van der Waals surface area contributed by atoms with Crippen LogP contribution in [0, 0.1) is 6.92 Å². The molecule has 0 aliphatic rings. The van der Waals surface area contributed by atoms with Crippen molar-refractivity contribution in [3.05, 3.63) is 89.5 Å². The summed E-state index contributed by atoms with van der Waals surface area (Å²) in [6.45, 7) is 2.61. The Hall–Kier alpha value is -3.60. The SMILES string of the molecule is COc1cccc(-c2ccc(C(=O)NCCNC(=O)c3ccccc3C)cc2)c1. The smallest absolute Gasteiger partial charge is 0.251 e. The van der Waals surface area contributed by atoms with Crippen LogP contribution in [0.25, 0.3) is 11.1 Å². The van der Waals surface area contributed by atoms with Crippen LogP contribution >= 0.6 is 0 Å². The van der Waals surface area contributed by atoms with Crippen LogP contribution < -0.4 is 15.4 Å². The van der Waals surface area contributed by atoms with Crippen molar-refractivity contribution in [2.24, 2.45) is 0 Å². The summed E-state index contributed by atoms with van der Waals surface area (Å²) >= 11 is 0. The zero-order valence-electron chi connectivity index (χ0n) is 16.6. The lowest BCUT2D eigenvalue weighted by Gasteiger charge is -2.09. The van der Waals surface area contributed by atoms with Crippen LogP contribution in [-0.2, 0) is 0 Å². The fraction of sp³-hybridized carbons (Fsp3) is 0.167. The van der Waals surface area contributed by atoms with Crippen LogP contribution in [0.15, 0.2) is 72.8 Å². The van der Waals surface area contributed by atoms with Gasteiger partial charge in [-0.05, 0) is 53.9 Å². The van der Waals surface area contributed by atoms with Crippen molar-refractivity contribution < 1.29 is 14.3 Å². The highest BCUT2D eigenvalue weighted by molar-refractivity contribution is 5.96. The van der Waals surface area contributed by atoms with E-state index < -0.39 is 0 Å². The van der Waals surface area contributed by atoms with Gasteiger partial charge in [-0.1, -0.05) is 42.5 Å². The van der Waals surface area contributed by atoms with Gasteiger partial charge in [-0.3, -0.25) is 9.59 Å². The molecule has 2 N–H and O–H groups in total. The summed E-state index contributed by atoms with van der Waals surface area (Å²) < 4.78 is 5.25. The Morgan fingerprint density at radius 1 is 0.793 bits per heavy atom. The van der Waals surface area contributed by atoms with Gasteiger partial charge in [-0.15, -0.1) is 0 Å². The average molecular weight is 388 g/mol. The maximum atomic E-state index is 12.3. The Morgan fingerprint density at radius 2 is 1.48 bits per heavy atom. The van der Waals surface area contributed by atoms with Gasteiger partial charge in [-0.25, -0.2) is 0 Å². The number of methoxy groups -OCH3 is 1. The van der Waals surface area contributed by atoms with Gasteiger partial charge in [0.25, 0.3) is 11.8 Å². The minimum Gasteiger partial charge on any atom is -0.497 e. The van der Waals surface area contributed by atoms with Crippen molar-refractivity contribution >= 4 is 11.8 Å². The van der Waals surface area contributed by atoms with Crippen LogP contribution in [0.1, 0.15) is 26.3 Å². The van der Waals surface area contributed by atoms with Crippen molar-refractivity contribution in [2.75, 3.05) is 20.2 Å². The molecule has 0 unspecified atom stereocenters. The number of hydrogen-bond acceptors (Lipinski definition) is 3. The van der Waals surface area contributed by atoms with E-state index in [2.05, 4.69) is 10.6 Å². The first-order valence-electron chi connectivity index (χ1n) is 9.45. The van der Waals surface area contributed by atoms with E-state index in [4.69, 9.17) is 4.74 Å². The number of carbonyl (C=O) groups is 2. The van der Waals surface area contributed by atoms with E-state index in [1.165, 1.54) is 0 Å². The van der Waals surface area contributed by atoms with Crippen LogP contribution in [0.5, 0.6) is 5.75 Å². The third-order valence-corrected chi connectivity index (χ3v) is 4.64. The van der Waals surface area contributed by atoms with E-state index in [1.807, 2.05) is 61.5 Å². The monoisotopic (exact) mass is 388 g/mol. The van der Waals surface area contributed by atoms with Crippen molar-refractivity contribution in [2.45, 2.75) is 6.92 Å². The van der Waals surface area contributed by atoms with Crippen molar-refractivity contribution in [1.29, 1.82) is 0 Å². The number of amides is 2. The van der Waals surface area contributed by atoms with Crippen LogP contribution in [-0.4, -0.2) is 32.0 Å². The zero-order valence-corrected chi connectivity index (χ0v) is 16.6. The Bertz CT molecular complexity index is 997. The molecule has 0 aliphatic heterocycles. The van der Waals surface area contributed by atoms with Crippen LogP contribution in [0.2, 0.25) is 0 Å². The predicted octanol–water partition coefficient (Wildman–Crippen LogP) is 3.83. The average Bonchev–Trinajstić information content (AvgIpc) is 2.77. The lowest BCUT2D eigenvalue weighted by molar-refractivity contribution is 0.0927. The maximum absolute atomic E-state index is 12.3. The molecule has 0 aromatic heterocycles. The summed E-state index contributed by atoms with van der Waals surface area (Å²) in [5.41, 5.74) is 4.17. The predicted molar refractivity (Wildman–Crippen MR) is 114 cm³/mol. The highest BCUT2D eigenvalue weighted by Gasteiger charge is 2.09. The molecular formula is C24H24N2O3. The van der Waals surface area contributed by atoms with Gasteiger partial charge in [0, 0.05) is 24.2 Å². The first-order valence-corrected chi connectivity index (χ1v) is 9.45. The Kier molecular flexibility index (Phi) is 6.63. The third kappa shape index (κ3) is 5.23. The minimum absolute atomic E-state index is 0.139. The quantitative estimate of drug-likeness (QED) is 0.605. The number of benzene rings is 3. The fourth-order valence-electron chi connectivity index (χ4n) is 2.99. The number of carbonyl (C=O) groups excluding carboxylic acids is 2. The van der Waals surface area contributed by atoms with E-state index >= 15 is 0 Å². The van der Waals surface area contributed by atoms with Gasteiger partial charge < -0.3 is 15.4 Å². The molecule has 5 heteroatoms. The molecular weight excluding hydrogens is 364 g/mol. The largest absolute Gasteiger partial charge is 0.497 e. The standard InChI is InChI=1S/C24H24N2O3/c1-17-6-3-4-9-22(17)24(28)26-15-14-25-23(27)19-12-10-18(11-13-19)20-7-5-8-21(16-20)29-2/h3-13,16H,14-15H2,1-2H3,(H,25,27)(H,26,28). The highest BCUT2D eigenvalue weighted by atomic mass is 16.5. The highest BCUT2D eigenvalue weighted by Crippen LogP contribution is 2.24. The van der Waals surface area contributed by atoms with Gasteiger partial charge in [0.2, 0.25) is 0 Å². The topological polar surface area (TPSA) is 67.4 Å². The van der Waals surface area contributed by atoms with E-state index in [1.54, 1.807) is 25.3 Å². The normalized spacial score (nSPS) is 10.3. The molecule has 0 saturated heterocycles. The van der Waals surface area contributed by atoms with Gasteiger partial charge in [-0.2, -0.15) is 0 Å². The molecule has 3 rings (SSSR count). The summed E-state index contributed by atoms with van der Waals surface area (Å²) in [6.07, 6.45) is 0. The molecule has 0 fully saturated rings. The number of aryl methyl sites for hydroxylation is 1. The van der Waals surface area contributed by atoms with E-state index in [-0.39, 0.29) is 11.8 Å². The molecule has 5 nitrogen and oxygen atoms in total. The summed E-state index contributed by atoms with van der Waals surface area (Å²) in [5, 5.41) is 5.65. The lowest BCUT2D eigenvalue weighted by Crippen LogP contribution is -2.34. The van der Waals surface area contributed by atoms with Crippen molar-refractivity contribution in [3.63, 3.8) is 0 Å². The zero-order chi connectivity index (χ0) is 20.6. The summed E-state index contributed by atoms with van der Waals surface area (Å²) in [6, 6.07) is 22.6. The first kappa shape index (κ1) is 20.1. The second kappa shape index (κ2) is 9.55. The summed E-state index contributed by atoms with van der Waals surface area (Å²) in [5.74, 6) is 0.476. The maximum Gasteiger partial charge on any atom is 0.251 e. The van der Waals surface area contributed by atoms with Crippen molar-refractivity contribution in [3.8, 4) is 16.9 Å². The number of ether oxygens (including phenoxy) is 1. The van der Waals surface area contributed by atoms with Crippen LogP contribution in [0.4, 0.5) is 0 Å². The Morgan fingerprint density at radius 3 is 2.17 bits per heavy atom. The fourth-order valence-corrected chi connectivity index (χ4v) is 2.99. The van der Waals surface area contributed by atoms with Crippen LogP contribution in [0.3, 0.4) is 0 Å². The molecule has 0 bridgehead atoms. The molecule has 3 aromatic rings. The third-order valence-electron chi connectivity index (χ3n) is 4.64. The molecule has 2 amide bonds. The number of nitrogens with one attached hydrogen (secondary N) is 2. The van der Waals surface area contributed by atoms with E-state index in [9.17, 15) is 9.59 Å². The molecule has 29 heavy (non-hydrogen) atoms. The van der Waals surface area contributed by atoms with Gasteiger partial charge >= 0.3 is 0 Å². The second-order valence-electron chi connectivity index (χ2n) is 6.64. The van der Waals surface area contributed by atoms with Gasteiger partial charge in [0.05, 0.1) is 7.11 Å². The molecule has 0 atom stereocenters. The molecule has 0 spiro atoms. The van der Waals surface area contributed by atoms with Gasteiger partial charge in [0.15, 0.2) is 0 Å². The van der Waals surface area contributed by atoms with Gasteiger partial charge in [0.1, 0.15) is 5.75 Å². The first-order chi connectivity index (χ1) is 14.1. The molecule has 148 valence electrons. The lowest BCUT2D eigenvalue weighted by atomic mass is 10.0. The molecule has 0 aliphatic carbocycles. The molecule has 0 heterocycles.